The number of carbonyl (C=O) groups excluding carboxylic acids is 1. The Morgan fingerprint density at radius 3 is 2.94 bits per heavy atom. The highest BCUT2D eigenvalue weighted by Gasteiger charge is 2.24. The van der Waals surface area contributed by atoms with E-state index in [0.29, 0.717) is 29.7 Å². The number of thiophene rings is 1. The van der Waals surface area contributed by atoms with Crippen LogP contribution in [0.3, 0.4) is 0 Å². The highest BCUT2D eigenvalue weighted by molar-refractivity contribution is 7.21. The number of amides is 1. The minimum Gasteiger partial charge on any atom is -0.421 e. The molecule has 0 saturated heterocycles. The third kappa shape index (κ3) is 3.76. The van der Waals surface area contributed by atoms with E-state index >= 15 is 0 Å². The Labute approximate surface area is 187 Å². The summed E-state index contributed by atoms with van der Waals surface area (Å²) in [6.07, 6.45) is 0. The maximum atomic E-state index is 12.6. The molecule has 0 fully saturated rings. The molecule has 3 N–H and O–H groups in total. The quantitative estimate of drug-likeness (QED) is 0.401. The van der Waals surface area contributed by atoms with Crippen LogP contribution < -0.4 is 20.7 Å². The number of pyridine rings is 1. The summed E-state index contributed by atoms with van der Waals surface area (Å²) in [6, 6.07) is 9.44. The lowest BCUT2D eigenvalue weighted by Crippen LogP contribution is -2.34. The summed E-state index contributed by atoms with van der Waals surface area (Å²) in [5.74, 6) is 0.681. The molecule has 4 aromatic rings. The average molecular weight is 455 g/mol. The van der Waals surface area contributed by atoms with Gasteiger partial charge in [-0.3, -0.25) is 4.79 Å². The molecule has 3 aromatic heterocycles. The first-order chi connectivity index (χ1) is 15.0. The van der Waals surface area contributed by atoms with E-state index in [-0.39, 0.29) is 17.2 Å². The molecule has 0 unspecified atom stereocenters. The molecule has 1 aliphatic heterocycles. The van der Waals surface area contributed by atoms with Gasteiger partial charge in [-0.25, -0.2) is 9.97 Å². The van der Waals surface area contributed by atoms with Crippen molar-refractivity contribution in [2.24, 2.45) is 0 Å². The Balaban J connectivity index is 1.55. The molecule has 31 heavy (non-hydrogen) atoms. The second-order valence-electron chi connectivity index (χ2n) is 7.32. The van der Waals surface area contributed by atoms with Gasteiger partial charge in [-0.1, -0.05) is 0 Å². The van der Waals surface area contributed by atoms with Crippen LogP contribution in [0.15, 0.2) is 30.3 Å². The van der Waals surface area contributed by atoms with Gasteiger partial charge in [0.15, 0.2) is 0 Å². The van der Waals surface area contributed by atoms with Crippen LogP contribution in [-0.4, -0.2) is 40.5 Å². The Morgan fingerprint density at radius 1 is 1.23 bits per heavy atom. The second-order valence-corrected chi connectivity index (χ2v) is 8.71. The summed E-state index contributed by atoms with van der Waals surface area (Å²) in [7, 11) is 1.83. The van der Waals surface area contributed by atoms with Crippen molar-refractivity contribution in [1.82, 2.24) is 25.6 Å². The van der Waals surface area contributed by atoms with Gasteiger partial charge in [0, 0.05) is 46.7 Å². The van der Waals surface area contributed by atoms with Crippen LogP contribution in [0.5, 0.6) is 11.8 Å². The molecule has 0 radical (unpaired) electrons. The Morgan fingerprint density at radius 2 is 2.10 bits per heavy atom. The third-order valence-corrected chi connectivity index (χ3v) is 6.28. The predicted octanol–water partition coefficient (Wildman–Crippen LogP) is 3.95. The molecule has 158 valence electrons. The first-order valence-electron chi connectivity index (χ1n) is 9.78. The summed E-state index contributed by atoms with van der Waals surface area (Å²) in [6.45, 7) is 3.19. The number of rotatable bonds is 4. The fourth-order valence-corrected chi connectivity index (χ4v) is 4.93. The van der Waals surface area contributed by atoms with Crippen molar-refractivity contribution in [3.8, 4) is 11.8 Å². The van der Waals surface area contributed by atoms with Crippen molar-refractivity contribution in [3.63, 3.8) is 0 Å². The predicted molar refractivity (Wildman–Crippen MR) is 122 cm³/mol. The number of ether oxygens (including phenoxy) is 1. The minimum absolute atomic E-state index is 0.0484. The molecule has 0 saturated carbocycles. The lowest BCUT2D eigenvalue weighted by atomic mass is 10.1. The number of halogens is 1. The van der Waals surface area contributed by atoms with Crippen molar-refractivity contribution in [1.29, 1.82) is 0 Å². The van der Waals surface area contributed by atoms with Gasteiger partial charge in [-0.05, 0) is 43.8 Å². The van der Waals surface area contributed by atoms with Gasteiger partial charge in [-0.15, -0.1) is 11.3 Å². The van der Waals surface area contributed by atoms with Crippen molar-refractivity contribution in [3.05, 3.63) is 46.2 Å². The van der Waals surface area contributed by atoms with Crippen LogP contribution >= 0.6 is 22.9 Å². The van der Waals surface area contributed by atoms with Gasteiger partial charge in [0.25, 0.3) is 5.91 Å². The smallest absolute Gasteiger partial charge is 0.263 e. The molecule has 1 amide bonds. The Hall–Kier alpha value is -3.01. The average Bonchev–Trinajstić information content (AvgIpc) is 3.04. The molecule has 5 rings (SSSR count). The van der Waals surface area contributed by atoms with Gasteiger partial charge in [0.2, 0.25) is 17.0 Å². The standard InChI is InChI=1S/C21H19ClN6O2S/c1-10-8-24-18-17-12-3-6-15(30-16-7-11(9-23-2)26-21(22)28-16)27-13(12)4-5-14(17)31-19(18)20(29)25-10/h3-7,10,23-24H,8-9H2,1-2H3,(H,25,29)/t10-/m1/s1. The molecule has 10 heteroatoms. The van der Waals surface area contributed by atoms with Crippen LogP contribution in [0.2, 0.25) is 5.28 Å². The van der Waals surface area contributed by atoms with Crippen LogP contribution in [0.4, 0.5) is 5.69 Å². The summed E-state index contributed by atoms with van der Waals surface area (Å²) in [5.41, 5.74) is 2.35. The van der Waals surface area contributed by atoms with Gasteiger partial charge < -0.3 is 20.7 Å². The van der Waals surface area contributed by atoms with Crippen molar-refractivity contribution in [2.75, 3.05) is 18.9 Å². The number of anilines is 1. The molecule has 0 spiro atoms. The number of fused-ring (bicyclic) bond motifs is 5. The first kappa shape index (κ1) is 19.9. The molecular formula is C21H19ClN6O2S. The maximum absolute atomic E-state index is 12.6. The van der Waals surface area contributed by atoms with Gasteiger partial charge in [-0.2, -0.15) is 4.98 Å². The highest BCUT2D eigenvalue weighted by Crippen LogP contribution is 2.41. The van der Waals surface area contributed by atoms with Crippen molar-refractivity contribution in [2.45, 2.75) is 19.5 Å². The second kappa shape index (κ2) is 7.92. The SMILES string of the molecule is CNCc1cc(Oc2ccc3c(ccc4sc5c(c43)NC[C@@H](C)NC5=O)n2)nc(Cl)n1. The minimum atomic E-state index is -0.0484. The highest BCUT2D eigenvalue weighted by atomic mass is 35.5. The molecule has 1 aliphatic rings. The van der Waals surface area contributed by atoms with Crippen LogP contribution in [0.25, 0.3) is 21.0 Å². The first-order valence-corrected chi connectivity index (χ1v) is 11.0. The molecule has 8 nitrogen and oxygen atoms in total. The normalized spacial score (nSPS) is 16.0. The van der Waals surface area contributed by atoms with Crippen molar-refractivity contribution >= 4 is 55.5 Å². The number of benzene rings is 1. The number of nitrogens with one attached hydrogen (secondary N) is 3. The molecule has 1 atom stereocenters. The number of hydrogen-bond donors (Lipinski definition) is 3. The van der Waals surface area contributed by atoms with E-state index in [1.165, 1.54) is 11.3 Å². The Kier molecular flexibility index (Phi) is 5.09. The van der Waals surface area contributed by atoms with Crippen LogP contribution in [0.1, 0.15) is 22.3 Å². The lowest BCUT2D eigenvalue weighted by molar-refractivity contribution is 0.0949. The number of hydrogen-bond acceptors (Lipinski definition) is 8. The number of aromatic nitrogens is 3. The van der Waals surface area contributed by atoms with Gasteiger partial charge in [0.1, 0.15) is 4.88 Å². The summed E-state index contributed by atoms with van der Waals surface area (Å²) < 4.78 is 6.89. The van der Waals surface area contributed by atoms with E-state index in [1.54, 1.807) is 12.1 Å². The van der Waals surface area contributed by atoms with E-state index in [1.807, 2.05) is 32.2 Å². The molecule has 0 aliphatic carbocycles. The van der Waals surface area contributed by atoms with Crippen LogP contribution in [-0.2, 0) is 6.54 Å². The Bertz CT molecular complexity index is 1320. The zero-order valence-corrected chi connectivity index (χ0v) is 18.4. The van der Waals surface area contributed by atoms with E-state index in [9.17, 15) is 4.79 Å². The van der Waals surface area contributed by atoms with E-state index in [0.717, 1.165) is 32.4 Å². The van der Waals surface area contributed by atoms with Crippen molar-refractivity contribution < 1.29 is 9.53 Å². The summed E-state index contributed by atoms with van der Waals surface area (Å²) in [4.78, 5) is 26.2. The van der Waals surface area contributed by atoms with Gasteiger partial charge >= 0.3 is 0 Å². The number of nitrogens with zero attached hydrogens (tertiary/aromatic N) is 3. The zero-order chi connectivity index (χ0) is 21.5. The number of carbonyl (C=O) groups is 1. The van der Waals surface area contributed by atoms with E-state index in [2.05, 4.69) is 30.9 Å². The monoisotopic (exact) mass is 454 g/mol. The zero-order valence-electron chi connectivity index (χ0n) is 16.8. The fraction of sp³-hybridized carbons (Fsp3) is 0.238. The molecular weight excluding hydrogens is 436 g/mol. The summed E-state index contributed by atoms with van der Waals surface area (Å²) >= 11 is 7.50. The fourth-order valence-electron chi connectivity index (χ4n) is 3.64. The molecule has 0 bridgehead atoms. The third-order valence-electron chi connectivity index (χ3n) is 4.96. The van der Waals surface area contributed by atoms with E-state index in [4.69, 9.17) is 16.3 Å². The maximum Gasteiger partial charge on any atom is 0.263 e. The largest absolute Gasteiger partial charge is 0.421 e. The van der Waals surface area contributed by atoms with Gasteiger partial charge in [0.05, 0.1) is 16.9 Å². The van der Waals surface area contributed by atoms with E-state index < -0.39 is 0 Å². The molecule has 4 heterocycles. The molecule has 1 aromatic carbocycles. The van der Waals surface area contributed by atoms with Crippen LogP contribution in [0, 0.1) is 0 Å². The topological polar surface area (TPSA) is 101 Å². The summed E-state index contributed by atoms with van der Waals surface area (Å²) in [5, 5.41) is 11.5. The lowest BCUT2D eigenvalue weighted by Gasteiger charge is -2.10.